The van der Waals surface area contributed by atoms with Crippen LogP contribution in [0.2, 0.25) is 0 Å². The predicted molar refractivity (Wildman–Crippen MR) is 85.1 cm³/mol. The maximum atomic E-state index is 12.3. The molecule has 1 aromatic heterocycles. The Morgan fingerprint density at radius 3 is 2.50 bits per heavy atom. The third kappa shape index (κ3) is 3.91. The van der Waals surface area contributed by atoms with Crippen molar-refractivity contribution in [2.75, 3.05) is 11.9 Å². The molecule has 0 saturated carbocycles. The van der Waals surface area contributed by atoms with Crippen molar-refractivity contribution in [3.05, 3.63) is 59.8 Å². The Bertz CT molecular complexity index is 656. The molecule has 0 fully saturated rings. The van der Waals surface area contributed by atoms with Crippen molar-refractivity contribution in [2.24, 2.45) is 0 Å². The Labute approximate surface area is 130 Å². The van der Waals surface area contributed by atoms with Crippen molar-refractivity contribution < 1.29 is 9.59 Å². The average molecular weight is 297 g/mol. The summed E-state index contributed by atoms with van der Waals surface area (Å²) in [5.74, 6) is -0.812. The minimum atomic E-state index is -0.667. The van der Waals surface area contributed by atoms with Gasteiger partial charge in [-0.3, -0.25) is 9.59 Å². The highest BCUT2D eigenvalue weighted by Crippen LogP contribution is 2.10. The fraction of sp³-hybridized carbons (Fsp3) is 0.235. The first-order valence-corrected chi connectivity index (χ1v) is 7.17. The van der Waals surface area contributed by atoms with E-state index in [9.17, 15) is 9.59 Å². The fourth-order valence-electron chi connectivity index (χ4n) is 2.05. The van der Waals surface area contributed by atoms with Gasteiger partial charge >= 0.3 is 11.8 Å². The van der Waals surface area contributed by atoms with Crippen LogP contribution in [0, 0.1) is 6.92 Å². The zero-order valence-corrected chi connectivity index (χ0v) is 12.7. The summed E-state index contributed by atoms with van der Waals surface area (Å²) < 4.78 is 0. The minimum absolute atomic E-state index is 0.408. The number of carbonyl (C=O) groups excluding carboxylic acids is 2. The number of amides is 2. The number of carbonyl (C=O) groups is 2. The molecule has 0 aliphatic carbocycles. The molecule has 1 N–H and O–H groups in total. The van der Waals surface area contributed by atoms with Crippen LogP contribution in [0.1, 0.15) is 18.1 Å². The first-order chi connectivity index (χ1) is 10.6. The van der Waals surface area contributed by atoms with E-state index in [1.165, 1.54) is 4.90 Å². The smallest absolute Gasteiger partial charge is 0.315 e. The van der Waals surface area contributed by atoms with E-state index in [4.69, 9.17) is 0 Å². The van der Waals surface area contributed by atoms with Crippen molar-refractivity contribution in [1.82, 2.24) is 9.88 Å². The first kappa shape index (κ1) is 15.7. The summed E-state index contributed by atoms with van der Waals surface area (Å²) in [6.07, 6.45) is 1.58. The molecule has 5 heteroatoms. The summed E-state index contributed by atoms with van der Waals surface area (Å²) in [6.45, 7) is 4.54. The van der Waals surface area contributed by atoms with Gasteiger partial charge in [-0.25, -0.2) is 4.98 Å². The van der Waals surface area contributed by atoms with Crippen LogP contribution in [0.3, 0.4) is 0 Å². The second-order valence-electron chi connectivity index (χ2n) is 4.93. The topological polar surface area (TPSA) is 62.3 Å². The molecule has 0 atom stereocenters. The van der Waals surface area contributed by atoms with Crippen LogP contribution in [0.25, 0.3) is 0 Å². The van der Waals surface area contributed by atoms with E-state index in [1.807, 2.05) is 50.2 Å². The lowest BCUT2D eigenvalue weighted by Crippen LogP contribution is -2.39. The number of benzene rings is 1. The number of rotatable bonds is 4. The molecular formula is C17H19N3O2. The first-order valence-electron chi connectivity index (χ1n) is 7.17. The lowest BCUT2D eigenvalue weighted by Gasteiger charge is -2.20. The number of nitrogens with zero attached hydrogens (tertiary/aromatic N) is 2. The third-order valence-electron chi connectivity index (χ3n) is 3.32. The average Bonchev–Trinajstić information content (AvgIpc) is 2.55. The molecule has 0 saturated heterocycles. The van der Waals surface area contributed by atoms with Crippen molar-refractivity contribution in [3.8, 4) is 0 Å². The molecule has 0 aliphatic heterocycles. The maximum absolute atomic E-state index is 12.3. The third-order valence-corrected chi connectivity index (χ3v) is 3.32. The SMILES string of the molecule is CCN(Cc1ccccc1)C(=O)C(=O)Nc1ncccc1C. The number of hydrogen-bond acceptors (Lipinski definition) is 3. The monoisotopic (exact) mass is 297 g/mol. The van der Waals surface area contributed by atoms with E-state index in [1.54, 1.807) is 12.3 Å². The lowest BCUT2D eigenvalue weighted by molar-refractivity contribution is -0.143. The lowest BCUT2D eigenvalue weighted by atomic mass is 10.2. The molecule has 0 unspecified atom stereocenters. The molecule has 5 nitrogen and oxygen atoms in total. The molecule has 1 heterocycles. The van der Waals surface area contributed by atoms with Crippen molar-refractivity contribution in [1.29, 1.82) is 0 Å². The van der Waals surface area contributed by atoms with E-state index in [0.29, 0.717) is 18.9 Å². The van der Waals surface area contributed by atoms with Crippen molar-refractivity contribution in [3.63, 3.8) is 0 Å². The summed E-state index contributed by atoms with van der Waals surface area (Å²) in [6, 6.07) is 13.2. The van der Waals surface area contributed by atoms with E-state index in [-0.39, 0.29) is 0 Å². The minimum Gasteiger partial charge on any atom is -0.330 e. The van der Waals surface area contributed by atoms with Gasteiger partial charge in [0.25, 0.3) is 0 Å². The predicted octanol–water partition coefficient (Wildman–Crippen LogP) is 2.38. The van der Waals surface area contributed by atoms with Gasteiger partial charge in [0, 0.05) is 19.3 Å². The number of hydrogen-bond donors (Lipinski definition) is 1. The number of anilines is 1. The Hall–Kier alpha value is -2.69. The molecule has 2 aromatic rings. The molecule has 1 aromatic carbocycles. The van der Waals surface area contributed by atoms with Crippen LogP contribution >= 0.6 is 0 Å². The quantitative estimate of drug-likeness (QED) is 0.881. The number of likely N-dealkylation sites (N-methyl/N-ethyl adjacent to an activating group) is 1. The number of aromatic nitrogens is 1. The van der Waals surface area contributed by atoms with Gasteiger partial charge in [0.2, 0.25) is 0 Å². The normalized spacial score (nSPS) is 10.1. The largest absolute Gasteiger partial charge is 0.330 e. The molecular weight excluding hydrogens is 278 g/mol. The maximum Gasteiger partial charge on any atom is 0.315 e. The van der Waals surface area contributed by atoms with Gasteiger partial charge in [-0.1, -0.05) is 36.4 Å². The second kappa shape index (κ2) is 7.36. The summed E-state index contributed by atoms with van der Waals surface area (Å²) in [5.41, 5.74) is 1.80. The standard InChI is InChI=1S/C17H19N3O2/c1-3-20(12-14-9-5-4-6-10-14)17(22)16(21)19-15-13(2)8-7-11-18-15/h4-11H,3,12H2,1-2H3,(H,18,19,21). The van der Waals surface area contributed by atoms with Crippen molar-refractivity contribution in [2.45, 2.75) is 20.4 Å². The zero-order chi connectivity index (χ0) is 15.9. The van der Waals surface area contributed by atoms with Crippen LogP contribution in [0.4, 0.5) is 5.82 Å². The van der Waals surface area contributed by atoms with Crippen LogP contribution in [-0.2, 0) is 16.1 Å². The Morgan fingerprint density at radius 1 is 1.14 bits per heavy atom. The number of aryl methyl sites for hydroxylation is 1. The van der Waals surface area contributed by atoms with Crippen LogP contribution < -0.4 is 5.32 Å². The highest BCUT2D eigenvalue weighted by molar-refractivity contribution is 6.39. The van der Waals surface area contributed by atoms with Gasteiger partial charge in [-0.2, -0.15) is 0 Å². The fourth-order valence-corrected chi connectivity index (χ4v) is 2.05. The molecule has 2 rings (SSSR count). The van der Waals surface area contributed by atoms with Gasteiger partial charge in [-0.15, -0.1) is 0 Å². The molecule has 0 spiro atoms. The molecule has 0 aliphatic rings. The Morgan fingerprint density at radius 2 is 1.86 bits per heavy atom. The number of pyridine rings is 1. The van der Waals surface area contributed by atoms with Gasteiger partial charge in [-0.05, 0) is 31.0 Å². The Kier molecular flexibility index (Phi) is 5.25. The molecule has 22 heavy (non-hydrogen) atoms. The molecule has 0 bridgehead atoms. The van der Waals surface area contributed by atoms with Gasteiger partial charge in [0.15, 0.2) is 0 Å². The van der Waals surface area contributed by atoms with Crippen LogP contribution in [-0.4, -0.2) is 28.2 Å². The van der Waals surface area contributed by atoms with E-state index < -0.39 is 11.8 Å². The summed E-state index contributed by atoms with van der Waals surface area (Å²) in [4.78, 5) is 30.0. The summed E-state index contributed by atoms with van der Waals surface area (Å²) in [7, 11) is 0. The molecule has 114 valence electrons. The highest BCUT2D eigenvalue weighted by atomic mass is 16.2. The number of nitrogens with one attached hydrogen (secondary N) is 1. The molecule has 2 amide bonds. The van der Waals surface area contributed by atoms with Crippen LogP contribution in [0.15, 0.2) is 48.7 Å². The van der Waals surface area contributed by atoms with Crippen LogP contribution in [0.5, 0.6) is 0 Å². The summed E-state index contributed by atoms with van der Waals surface area (Å²) >= 11 is 0. The van der Waals surface area contributed by atoms with Gasteiger partial charge in [0.05, 0.1) is 0 Å². The highest BCUT2D eigenvalue weighted by Gasteiger charge is 2.21. The van der Waals surface area contributed by atoms with Crippen molar-refractivity contribution >= 4 is 17.6 Å². The zero-order valence-electron chi connectivity index (χ0n) is 12.7. The Balaban J connectivity index is 2.05. The van der Waals surface area contributed by atoms with E-state index in [2.05, 4.69) is 10.3 Å². The van der Waals surface area contributed by atoms with Gasteiger partial charge in [0.1, 0.15) is 5.82 Å². The second-order valence-corrected chi connectivity index (χ2v) is 4.93. The summed E-state index contributed by atoms with van der Waals surface area (Å²) in [5, 5.41) is 2.57. The van der Waals surface area contributed by atoms with Gasteiger partial charge < -0.3 is 10.2 Å². The van der Waals surface area contributed by atoms with E-state index >= 15 is 0 Å². The van der Waals surface area contributed by atoms with E-state index in [0.717, 1.165) is 11.1 Å². The molecule has 0 radical (unpaired) electrons.